The van der Waals surface area contributed by atoms with Crippen LogP contribution in [0.3, 0.4) is 0 Å². The number of benzene rings is 2. The van der Waals surface area contributed by atoms with Gasteiger partial charge in [-0.25, -0.2) is 9.67 Å². The minimum absolute atomic E-state index is 0.189. The molecule has 5 rings (SSSR count). The monoisotopic (exact) mass is 424 g/mol. The third kappa shape index (κ3) is 3.54. The Balaban J connectivity index is 1.54. The number of nitrogens with zero attached hydrogens (tertiary/aromatic N) is 3. The Morgan fingerprint density at radius 1 is 1.00 bits per heavy atom. The zero-order chi connectivity index (χ0) is 22.2. The number of nitrogens with one attached hydrogen (secondary N) is 1. The first-order valence-electron chi connectivity index (χ1n) is 10.7. The second-order valence-electron chi connectivity index (χ2n) is 8.22. The van der Waals surface area contributed by atoms with Crippen LogP contribution in [0.2, 0.25) is 0 Å². The van der Waals surface area contributed by atoms with Gasteiger partial charge in [0.25, 0.3) is 5.91 Å². The summed E-state index contributed by atoms with van der Waals surface area (Å²) in [4.78, 5) is 18.1. The van der Waals surface area contributed by atoms with Gasteiger partial charge in [-0.15, -0.1) is 0 Å². The number of aromatic nitrogens is 3. The lowest BCUT2D eigenvalue weighted by atomic mass is 10.0. The number of aryl methyl sites for hydroxylation is 1. The van der Waals surface area contributed by atoms with E-state index in [1.54, 1.807) is 6.20 Å². The van der Waals surface area contributed by atoms with Gasteiger partial charge in [0, 0.05) is 16.8 Å². The van der Waals surface area contributed by atoms with Gasteiger partial charge >= 0.3 is 0 Å². The van der Waals surface area contributed by atoms with Crippen LogP contribution in [-0.2, 0) is 0 Å². The maximum atomic E-state index is 13.4. The Morgan fingerprint density at radius 2 is 1.75 bits per heavy atom. The van der Waals surface area contributed by atoms with E-state index in [-0.39, 0.29) is 11.9 Å². The molecular weight excluding hydrogens is 400 g/mol. The molecule has 0 aliphatic carbocycles. The summed E-state index contributed by atoms with van der Waals surface area (Å²) in [5.41, 5.74) is 3.70. The highest BCUT2D eigenvalue weighted by Crippen LogP contribution is 2.29. The number of amides is 1. The van der Waals surface area contributed by atoms with Crippen molar-refractivity contribution in [3.8, 4) is 0 Å². The number of para-hydroxylation sites is 1. The molecule has 32 heavy (non-hydrogen) atoms. The Labute approximate surface area is 185 Å². The van der Waals surface area contributed by atoms with Gasteiger partial charge in [0.2, 0.25) is 0 Å². The van der Waals surface area contributed by atoms with Crippen molar-refractivity contribution >= 4 is 27.9 Å². The number of carbonyl (C=O) groups is 1. The molecule has 0 saturated carbocycles. The topological polar surface area (TPSA) is 73.0 Å². The lowest BCUT2D eigenvalue weighted by molar-refractivity contribution is 0.0938. The van der Waals surface area contributed by atoms with Gasteiger partial charge in [0.15, 0.2) is 5.65 Å². The molecule has 0 bridgehead atoms. The van der Waals surface area contributed by atoms with E-state index >= 15 is 0 Å². The zero-order valence-corrected chi connectivity index (χ0v) is 18.2. The number of carbonyl (C=O) groups excluding carboxylic acids is 1. The quantitative estimate of drug-likeness (QED) is 0.399. The molecule has 0 aliphatic heterocycles. The highest BCUT2D eigenvalue weighted by atomic mass is 16.3. The number of pyridine rings is 1. The summed E-state index contributed by atoms with van der Waals surface area (Å²) in [7, 11) is 0. The molecule has 6 heteroatoms. The van der Waals surface area contributed by atoms with Crippen molar-refractivity contribution in [1.29, 1.82) is 0 Å². The van der Waals surface area contributed by atoms with Crippen LogP contribution in [-0.4, -0.2) is 20.7 Å². The third-order valence-electron chi connectivity index (χ3n) is 5.63. The smallest absolute Gasteiger partial charge is 0.254 e. The SMILES string of the molecule is Cc1nc2c(cnn2C(C)C)cc1C(=O)NC(c1ccccc1)c1cc2ccccc2o1. The van der Waals surface area contributed by atoms with E-state index < -0.39 is 6.04 Å². The average molecular weight is 425 g/mol. The maximum Gasteiger partial charge on any atom is 0.254 e. The van der Waals surface area contributed by atoms with E-state index in [0.29, 0.717) is 17.0 Å². The van der Waals surface area contributed by atoms with E-state index in [4.69, 9.17) is 4.42 Å². The van der Waals surface area contributed by atoms with Gasteiger partial charge in [-0.05, 0) is 44.5 Å². The highest BCUT2D eigenvalue weighted by molar-refractivity contribution is 5.98. The minimum Gasteiger partial charge on any atom is -0.459 e. The summed E-state index contributed by atoms with van der Waals surface area (Å²) in [5, 5.41) is 9.43. The van der Waals surface area contributed by atoms with Crippen molar-refractivity contribution in [2.45, 2.75) is 32.9 Å². The molecule has 1 atom stereocenters. The Hall–Kier alpha value is -3.93. The predicted molar refractivity (Wildman–Crippen MR) is 125 cm³/mol. The molecule has 0 fully saturated rings. The number of rotatable bonds is 5. The Morgan fingerprint density at radius 3 is 2.50 bits per heavy atom. The molecule has 3 aromatic heterocycles. The van der Waals surface area contributed by atoms with E-state index in [9.17, 15) is 4.79 Å². The number of furan rings is 1. The second kappa shape index (κ2) is 7.96. The van der Waals surface area contributed by atoms with Crippen molar-refractivity contribution in [2.24, 2.45) is 0 Å². The van der Waals surface area contributed by atoms with Gasteiger partial charge in [0.1, 0.15) is 17.4 Å². The summed E-state index contributed by atoms with van der Waals surface area (Å²) in [5.74, 6) is 0.480. The number of fused-ring (bicyclic) bond motifs is 2. The van der Waals surface area contributed by atoms with Gasteiger partial charge < -0.3 is 9.73 Å². The molecular formula is C26H24N4O2. The van der Waals surface area contributed by atoms with Crippen molar-refractivity contribution in [3.63, 3.8) is 0 Å². The van der Waals surface area contributed by atoms with Gasteiger partial charge in [-0.1, -0.05) is 48.5 Å². The Kier molecular flexibility index (Phi) is 4.98. The van der Waals surface area contributed by atoms with Gasteiger partial charge in [0.05, 0.1) is 17.5 Å². The first-order chi connectivity index (χ1) is 15.5. The van der Waals surface area contributed by atoms with Crippen LogP contribution in [0, 0.1) is 6.92 Å². The average Bonchev–Trinajstić information content (AvgIpc) is 3.41. The van der Waals surface area contributed by atoms with Crippen molar-refractivity contribution in [2.75, 3.05) is 0 Å². The molecule has 0 radical (unpaired) electrons. The van der Waals surface area contributed by atoms with Crippen LogP contribution in [0.15, 0.2) is 77.3 Å². The first kappa shape index (κ1) is 20.0. The van der Waals surface area contributed by atoms with E-state index in [1.165, 1.54) is 0 Å². The summed E-state index contributed by atoms with van der Waals surface area (Å²) in [6, 6.07) is 21.3. The van der Waals surface area contributed by atoms with Crippen LogP contribution < -0.4 is 5.32 Å². The molecule has 5 aromatic rings. The van der Waals surface area contributed by atoms with Gasteiger partial charge in [-0.2, -0.15) is 5.10 Å². The maximum absolute atomic E-state index is 13.4. The number of hydrogen-bond donors (Lipinski definition) is 1. The lowest BCUT2D eigenvalue weighted by Gasteiger charge is -2.18. The van der Waals surface area contributed by atoms with Crippen LogP contribution >= 0.6 is 0 Å². The normalized spacial score (nSPS) is 12.5. The molecule has 1 amide bonds. The fourth-order valence-electron chi connectivity index (χ4n) is 3.99. The summed E-state index contributed by atoms with van der Waals surface area (Å²) >= 11 is 0. The van der Waals surface area contributed by atoms with E-state index in [0.717, 1.165) is 27.6 Å². The minimum atomic E-state index is -0.426. The van der Waals surface area contributed by atoms with Crippen LogP contribution in [0.25, 0.3) is 22.0 Å². The van der Waals surface area contributed by atoms with Crippen LogP contribution in [0.5, 0.6) is 0 Å². The van der Waals surface area contributed by atoms with E-state index in [1.807, 2.05) is 78.3 Å². The standard InChI is InChI=1S/C26H24N4O2/c1-16(2)30-25-20(15-27-30)13-21(17(3)28-25)26(31)29-24(18-9-5-4-6-10-18)23-14-19-11-7-8-12-22(19)32-23/h4-16,24H,1-3H3,(H,29,31). The second-order valence-corrected chi connectivity index (χ2v) is 8.22. The van der Waals surface area contributed by atoms with Crippen molar-refractivity contribution < 1.29 is 9.21 Å². The molecule has 2 aromatic carbocycles. The summed E-state index contributed by atoms with van der Waals surface area (Å²) in [6.45, 7) is 5.97. The van der Waals surface area contributed by atoms with Gasteiger partial charge in [-0.3, -0.25) is 4.79 Å². The number of hydrogen-bond acceptors (Lipinski definition) is 4. The molecule has 1 unspecified atom stereocenters. The fourth-order valence-corrected chi connectivity index (χ4v) is 3.99. The molecule has 160 valence electrons. The molecule has 1 N–H and O–H groups in total. The molecule has 6 nitrogen and oxygen atoms in total. The first-order valence-corrected chi connectivity index (χ1v) is 10.7. The van der Waals surface area contributed by atoms with Crippen molar-refractivity contribution in [3.05, 3.63) is 95.5 Å². The van der Waals surface area contributed by atoms with Crippen molar-refractivity contribution in [1.82, 2.24) is 20.1 Å². The van der Waals surface area contributed by atoms with Crippen LogP contribution in [0.4, 0.5) is 0 Å². The fraction of sp³-hybridized carbons (Fsp3) is 0.192. The van der Waals surface area contributed by atoms with Crippen LogP contribution in [0.1, 0.15) is 53.3 Å². The summed E-state index contributed by atoms with van der Waals surface area (Å²) in [6.07, 6.45) is 1.76. The highest BCUT2D eigenvalue weighted by Gasteiger charge is 2.23. The Bertz CT molecular complexity index is 1380. The summed E-state index contributed by atoms with van der Waals surface area (Å²) < 4.78 is 7.97. The largest absolute Gasteiger partial charge is 0.459 e. The van der Waals surface area contributed by atoms with E-state index in [2.05, 4.69) is 29.2 Å². The molecule has 0 spiro atoms. The lowest BCUT2D eigenvalue weighted by Crippen LogP contribution is -2.29. The third-order valence-corrected chi connectivity index (χ3v) is 5.63. The molecule has 3 heterocycles. The predicted octanol–water partition coefficient (Wildman–Crippen LogP) is 5.59. The molecule has 0 aliphatic rings. The molecule has 0 saturated heterocycles. The zero-order valence-electron chi connectivity index (χ0n) is 18.2.